The van der Waals surface area contributed by atoms with E-state index in [0.29, 0.717) is 23.3 Å². The molecule has 3 fully saturated rings. The van der Waals surface area contributed by atoms with Crippen molar-refractivity contribution in [1.29, 1.82) is 0 Å². The SMILES string of the molecule is CC(C)(C)OC(=O)N1CC2(CC(N3CCN4c5cc(-c6ccccc6O)nnc5NC[C@H]4C3)C2)C1. The molecule has 186 valence electrons. The van der Waals surface area contributed by atoms with Crippen LogP contribution in [0.15, 0.2) is 30.3 Å². The molecule has 9 heteroatoms. The lowest BCUT2D eigenvalue weighted by Gasteiger charge is -2.62. The predicted molar refractivity (Wildman–Crippen MR) is 134 cm³/mol. The first-order valence-corrected chi connectivity index (χ1v) is 12.6. The number of carbonyl (C=O) groups excluding carboxylic acids is 1. The number of hydrogen-bond acceptors (Lipinski definition) is 8. The Balaban J connectivity index is 1.07. The predicted octanol–water partition coefficient (Wildman–Crippen LogP) is 3.16. The molecule has 4 heterocycles. The number of hydrogen-bond donors (Lipinski definition) is 2. The molecule has 0 unspecified atom stereocenters. The van der Waals surface area contributed by atoms with E-state index in [1.807, 2.05) is 49.9 Å². The van der Waals surface area contributed by atoms with Crippen LogP contribution in [0, 0.1) is 5.41 Å². The number of amides is 1. The maximum Gasteiger partial charge on any atom is 0.410 e. The Kier molecular flexibility index (Phi) is 5.11. The molecule has 1 aromatic carbocycles. The molecule has 1 saturated carbocycles. The minimum atomic E-state index is -0.442. The summed E-state index contributed by atoms with van der Waals surface area (Å²) in [6.45, 7) is 11.2. The van der Waals surface area contributed by atoms with E-state index in [-0.39, 0.29) is 17.3 Å². The van der Waals surface area contributed by atoms with Crippen LogP contribution in [0.25, 0.3) is 11.3 Å². The van der Waals surface area contributed by atoms with E-state index in [0.717, 1.165) is 63.6 Å². The van der Waals surface area contributed by atoms with Crippen LogP contribution in [0.4, 0.5) is 16.3 Å². The topological polar surface area (TPSA) is 94.1 Å². The number of ether oxygens (including phenoxy) is 1. The zero-order chi connectivity index (χ0) is 24.4. The zero-order valence-electron chi connectivity index (χ0n) is 20.7. The lowest BCUT2D eigenvalue weighted by molar-refractivity contribution is -0.109. The second-order valence-electron chi connectivity index (χ2n) is 11.6. The van der Waals surface area contributed by atoms with Gasteiger partial charge in [0.05, 0.1) is 17.4 Å². The Morgan fingerprint density at radius 2 is 1.91 bits per heavy atom. The van der Waals surface area contributed by atoms with Crippen molar-refractivity contribution in [3.05, 3.63) is 30.3 Å². The van der Waals surface area contributed by atoms with Gasteiger partial charge in [0.25, 0.3) is 0 Å². The number of likely N-dealkylation sites (tertiary alicyclic amines) is 1. The van der Waals surface area contributed by atoms with Crippen molar-refractivity contribution in [2.45, 2.75) is 51.3 Å². The number of phenols is 1. The molecule has 9 nitrogen and oxygen atoms in total. The molecule has 4 aliphatic rings. The number of aromatic hydroxyl groups is 1. The van der Waals surface area contributed by atoms with Crippen molar-refractivity contribution in [2.75, 3.05) is 49.5 Å². The van der Waals surface area contributed by atoms with Gasteiger partial charge in [0, 0.05) is 56.3 Å². The van der Waals surface area contributed by atoms with Crippen LogP contribution in [0.2, 0.25) is 0 Å². The summed E-state index contributed by atoms with van der Waals surface area (Å²) in [6.07, 6.45) is 2.14. The molecule has 0 bridgehead atoms. The normalized spacial score (nSPS) is 23.6. The molecule has 2 saturated heterocycles. The maximum absolute atomic E-state index is 12.3. The van der Waals surface area contributed by atoms with E-state index >= 15 is 0 Å². The van der Waals surface area contributed by atoms with Crippen molar-refractivity contribution in [1.82, 2.24) is 20.0 Å². The summed E-state index contributed by atoms with van der Waals surface area (Å²) in [7, 11) is 0. The minimum absolute atomic E-state index is 0.182. The largest absolute Gasteiger partial charge is 0.507 e. The molecule has 1 atom stereocenters. The van der Waals surface area contributed by atoms with Gasteiger partial charge in [-0.3, -0.25) is 4.90 Å². The van der Waals surface area contributed by atoms with Crippen molar-refractivity contribution < 1.29 is 14.6 Å². The Hall–Kier alpha value is -3.07. The molecule has 1 aliphatic carbocycles. The van der Waals surface area contributed by atoms with Crippen LogP contribution in [0.5, 0.6) is 5.75 Å². The Bertz CT molecular complexity index is 1130. The molecular formula is C26H34N6O3. The Labute approximate surface area is 206 Å². The van der Waals surface area contributed by atoms with Crippen molar-refractivity contribution in [3.63, 3.8) is 0 Å². The van der Waals surface area contributed by atoms with Crippen LogP contribution in [0.3, 0.4) is 0 Å². The first-order chi connectivity index (χ1) is 16.7. The van der Waals surface area contributed by atoms with E-state index in [2.05, 4.69) is 25.3 Å². The van der Waals surface area contributed by atoms with Crippen molar-refractivity contribution >= 4 is 17.6 Å². The molecule has 2 aromatic rings. The van der Waals surface area contributed by atoms with Gasteiger partial charge < -0.3 is 25.0 Å². The lowest BCUT2D eigenvalue weighted by atomic mass is 9.60. The van der Waals surface area contributed by atoms with E-state index < -0.39 is 5.60 Å². The smallest absolute Gasteiger partial charge is 0.410 e. The highest BCUT2D eigenvalue weighted by Gasteiger charge is 2.56. The average molecular weight is 479 g/mol. The fourth-order valence-corrected chi connectivity index (χ4v) is 6.14. The lowest BCUT2D eigenvalue weighted by Crippen LogP contribution is -2.70. The van der Waals surface area contributed by atoms with Crippen LogP contribution in [-0.4, -0.2) is 88.2 Å². The van der Waals surface area contributed by atoms with Gasteiger partial charge in [-0.05, 0) is 51.8 Å². The fraction of sp³-hybridized carbons (Fsp3) is 0.577. The average Bonchev–Trinajstić information content (AvgIpc) is 2.76. The quantitative estimate of drug-likeness (QED) is 0.680. The number of fused-ring (bicyclic) bond motifs is 3. The summed E-state index contributed by atoms with van der Waals surface area (Å²) in [6, 6.07) is 10.3. The van der Waals surface area contributed by atoms with E-state index in [9.17, 15) is 9.90 Å². The van der Waals surface area contributed by atoms with E-state index in [1.165, 1.54) is 0 Å². The number of rotatable bonds is 2. The summed E-state index contributed by atoms with van der Waals surface area (Å²) in [5.74, 6) is 1.03. The van der Waals surface area contributed by atoms with Crippen molar-refractivity contribution in [3.8, 4) is 17.0 Å². The van der Waals surface area contributed by atoms with Gasteiger partial charge in [0.2, 0.25) is 0 Å². The number of para-hydroxylation sites is 1. The molecule has 35 heavy (non-hydrogen) atoms. The fourth-order valence-electron chi connectivity index (χ4n) is 6.14. The first-order valence-electron chi connectivity index (χ1n) is 12.6. The number of phenolic OH excluding ortho intramolecular Hbond substituents is 1. The van der Waals surface area contributed by atoms with Crippen LogP contribution >= 0.6 is 0 Å². The monoisotopic (exact) mass is 478 g/mol. The molecule has 2 N–H and O–H groups in total. The molecule has 1 spiro atoms. The third-order valence-electron chi connectivity index (χ3n) is 7.84. The molecule has 6 rings (SSSR count). The molecular weight excluding hydrogens is 444 g/mol. The van der Waals surface area contributed by atoms with E-state index in [4.69, 9.17) is 4.74 Å². The van der Waals surface area contributed by atoms with Gasteiger partial charge in [0.15, 0.2) is 5.82 Å². The van der Waals surface area contributed by atoms with E-state index in [1.54, 1.807) is 6.07 Å². The number of nitrogens with one attached hydrogen (secondary N) is 1. The highest BCUT2D eigenvalue weighted by atomic mass is 16.6. The minimum Gasteiger partial charge on any atom is -0.507 e. The van der Waals surface area contributed by atoms with Gasteiger partial charge in [-0.1, -0.05) is 12.1 Å². The third kappa shape index (κ3) is 4.05. The summed E-state index contributed by atoms with van der Waals surface area (Å²) in [5, 5.41) is 22.5. The highest BCUT2D eigenvalue weighted by Crippen LogP contribution is 2.51. The van der Waals surface area contributed by atoms with Gasteiger partial charge in [-0.25, -0.2) is 4.79 Å². The third-order valence-corrected chi connectivity index (χ3v) is 7.84. The first kappa shape index (κ1) is 22.4. The number of aromatic nitrogens is 2. The van der Waals surface area contributed by atoms with Gasteiger partial charge in [-0.15, -0.1) is 10.2 Å². The van der Waals surface area contributed by atoms with Gasteiger partial charge in [0.1, 0.15) is 11.4 Å². The highest BCUT2D eigenvalue weighted by molar-refractivity contribution is 5.76. The summed E-state index contributed by atoms with van der Waals surface area (Å²) in [5.41, 5.74) is 2.29. The maximum atomic E-state index is 12.3. The zero-order valence-corrected chi connectivity index (χ0v) is 20.7. The Morgan fingerprint density at radius 3 is 2.66 bits per heavy atom. The second-order valence-corrected chi connectivity index (χ2v) is 11.6. The van der Waals surface area contributed by atoms with Crippen LogP contribution in [-0.2, 0) is 4.74 Å². The number of nitrogens with zero attached hydrogens (tertiary/aromatic N) is 5. The van der Waals surface area contributed by atoms with Gasteiger partial charge in [-0.2, -0.15) is 0 Å². The standard InChI is InChI=1S/C26H34N6O3/c1-25(2,3)35-24(34)31-15-26(16-31)11-17(12-26)30-8-9-32-18(14-30)13-27-23-21(32)10-20(28-29-23)19-6-4-5-7-22(19)33/h4-7,10,17-18,33H,8-9,11-16H2,1-3H3,(H,27,29)/t18-/m0/s1. The number of anilines is 2. The number of carbonyl (C=O) groups is 1. The van der Waals surface area contributed by atoms with Gasteiger partial charge >= 0.3 is 6.09 Å². The van der Waals surface area contributed by atoms with Crippen LogP contribution in [0.1, 0.15) is 33.6 Å². The van der Waals surface area contributed by atoms with Crippen LogP contribution < -0.4 is 10.2 Å². The second kappa shape index (κ2) is 7.98. The summed E-state index contributed by atoms with van der Waals surface area (Å²) in [4.78, 5) is 19.2. The molecule has 1 aromatic heterocycles. The van der Waals surface area contributed by atoms with Crippen molar-refractivity contribution in [2.24, 2.45) is 5.41 Å². The Morgan fingerprint density at radius 1 is 1.14 bits per heavy atom. The summed E-state index contributed by atoms with van der Waals surface area (Å²) < 4.78 is 5.52. The summed E-state index contributed by atoms with van der Waals surface area (Å²) >= 11 is 0. The number of piperazine rings is 1. The molecule has 0 radical (unpaired) electrons. The number of benzene rings is 1. The molecule has 3 aliphatic heterocycles. The molecule has 1 amide bonds.